The molecule has 0 aliphatic carbocycles. The Morgan fingerprint density at radius 2 is 2.19 bits per heavy atom. The summed E-state index contributed by atoms with van der Waals surface area (Å²) in [5.41, 5.74) is -0.721. The first-order valence-corrected chi connectivity index (χ1v) is 8.24. The van der Waals surface area contributed by atoms with Gasteiger partial charge in [-0.3, -0.25) is 9.59 Å². The standard InChI is InChI=1S/C16H28N2O3/c1-3-6-16(15(20)21)7-4-9-18(11-16)14(19)13-5-8-17-12(2)10-13/h12-13,17H,3-11H2,1-2H3,(H,20,21). The van der Waals surface area contributed by atoms with Gasteiger partial charge in [-0.05, 0) is 45.6 Å². The van der Waals surface area contributed by atoms with E-state index in [1.807, 2.05) is 11.8 Å². The van der Waals surface area contributed by atoms with Gasteiger partial charge in [-0.1, -0.05) is 13.3 Å². The number of nitrogens with zero attached hydrogens (tertiary/aromatic N) is 1. The monoisotopic (exact) mass is 296 g/mol. The minimum absolute atomic E-state index is 0.0625. The molecule has 0 aromatic carbocycles. The average Bonchev–Trinajstić information content (AvgIpc) is 2.47. The van der Waals surface area contributed by atoms with Gasteiger partial charge < -0.3 is 15.3 Å². The largest absolute Gasteiger partial charge is 0.481 e. The van der Waals surface area contributed by atoms with Crippen LogP contribution in [0.2, 0.25) is 0 Å². The number of likely N-dealkylation sites (tertiary alicyclic amines) is 1. The number of rotatable bonds is 4. The van der Waals surface area contributed by atoms with E-state index in [0.29, 0.717) is 25.4 Å². The molecule has 120 valence electrons. The lowest BCUT2D eigenvalue weighted by Gasteiger charge is -2.42. The predicted octanol–water partition coefficient (Wildman–Crippen LogP) is 1.87. The van der Waals surface area contributed by atoms with Crippen molar-refractivity contribution in [2.24, 2.45) is 11.3 Å². The molecule has 0 radical (unpaired) electrons. The number of piperidine rings is 2. The molecule has 1 amide bonds. The Bertz CT molecular complexity index is 395. The molecule has 0 spiro atoms. The lowest BCUT2D eigenvalue weighted by molar-refractivity contribution is -0.156. The fourth-order valence-corrected chi connectivity index (χ4v) is 3.90. The molecular formula is C16H28N2O3. The van der Waals surface area contributed by atoms with Gasteiger partial charge in [-0.15, -0.1) is 0 Å². The van der Waals surface area contributed by atoms with Gasteiger partial charge in [0, 0.05) is 25.0 Å². The van der Waals surface area contributed by atoms with E-state index in [-0.39, 0.29) is 11.8 Å². The summed E-state index contributed by atoms with van der Waals surface area (Å²) in [6.07, 6.45) is 4.74. The van der Waals surface area contributed by atoms with Crippen LogP contribution in [0.4, 0.5) is 0 Å². The van der Waals surface area contributed by atoms with Crippen LogP contribution in [0.25, 0.3) is 0 Å². The molecule has 0 saturated carbocycles. The van der Waals surface area contributed by atoms with Crippen LogP contribution < -0.4 is 5.32 Å². The van der Waals surface area contributed by atoms with Crippen LogP contribution in [0.15, 0.2) is 0 Å². The second-order valence-electron chi connectivity index (χ2n) is 6.78. The molecule has 2 saturated heterocycles. The summed E-state index contributed by atoms with van der Waals surface area (Å²) in [5, 5.41) is 13.0. The molecular weight excluding hydrogens is 268 g/mol. The third-order valence-electron chi connectivity index (χ3n) is 5.04. The molecule has 2 heterocycles. The number of hydrogen-bond donors (Lipinski definition) is 2. The molecule has 5 nitrogen and oxygen atoms in total. The summed E-state index contributed by atoms with van der Waals surface area (Å²) >= 11 is 0. The van der Waals surface area contributed by atoms with Gasteiger partial charge in [0.2, 0.25) is 5.91 Å². The highest BCUT2D eigenvalue weighted by atomic mass is 16.4. The number of carboxylic acid groups (broad SMARTS) is 1. The summed E-state index contributed by atoms with van der Waals surface area (Å²) in [5.74, 6) is -0.502. The highest BCUT2D eigenvalue weighted by Gasteiger charge is 2.43. The van der Waals surface area contributed by atoms with Crippen molar-refractivity contribution in [3.8, 4) is 0 Å². The van der Waals surface area contributed by atoms with Gasteiger partial charge in [0.1, 0.15) is 0 Å². The molecule has 2 fully saturated rings. The second kappa shape index (κ2) is 6.77. The first-order valence-electron chi connectivity index (χ1n) is 8.24. The van der Waals surface area contributed by atoms with Gasteiger partial charge in [0.05, 0.1) is 5.41 Å². The van der Waals surface area contributed by atoms with E-state index in [1.165, 1.54) is 0 Å². The van der Waals surface area contributed by atoms with Crippen molar-refractivity contribution in [1.82, 2.24) is 10.2 Å². The smallest absolute Gasteiger partial charge is 0.311 e. The average molecular weight is 296 g/mol. The molecule has 0 aromatic heterocycles. The molecule has 21 heavy (non-hydrogen) atoms. The third-order valence-corrected chi connectivity index (χ3v) is 5.04. The molecule has 0 aromatic rings. The zero-order valence-corrected chi connectivity index (χ0v) is 13.2. The first kappa shape index (κ1) is 16.3. The van der Waals surface area contributed by atoms with Gasteiger partial charge in [0.25, 0.3) is 0 Å². The minimum Gasteiger partial charge on any atom is -0.481 e. The van der Waals surface area contributed by atoms with Gasteiger partial charge in [0.15, 0.2) is 0 Å². The van der Waals surface area contributed by atoms with Crippen molar-refractivity contribution in [2.75, 3.05) is 19.6 Å². The number of carbonyl (C=O) groups excluding carboxylic acids is 1. The summed E-state index contributed by atoms with van der Waals surface area (Å²) in [6, 6.07) is 0.373. The fraction of sp³-hybridized carbons (Fsp3) is 0.875. The maximum Gasteiger partial charge on any atom is 0.311 e. The van der Waals surface area contributed by atoms with Crippen molar-refractivity contribution in [2.45, 2.75) is 58.4 Å². The minimum atomic E-state index is -0.736. The summed E-state index contributed by atoms with van der Waals surface area (Å²) in [4.78, 5) is 26.3. The zero-order valence-electron chi connectivity index (χ0n) is 13.2. The molecule has 0 bridgehead atoms. The van der Waals surface area contributed by atoms with E-state index in [9.17, 15) is 14.7 Å². The van der Waals surface area contributed by atoms with Crippen molar-refractivity contribution >= 4 is 11.9 Å². The van der Waals surface area contributed by atoms with Crippen LogP contribution in [0, 0.1) is 11.3 Å². The van der Waals surface area contributed by atoms with Crippen molar-refractivity contribution in [1.29, 1.82) is 0 Å². The van der Waals surface area contributed by atoms with Crippen molar-refractivity contribution < 1.29 is 14.7 Å². The number of carboxylic acids is 1. The predicted molar refractivity (Wildman–Crippen MR) is 81.0 cm³/mol. The molecule has 2 aliphatic heterocycles. The topological polar surface area (TPSA) is 69.6 Å². The Kier molecular flexibility index (Phi) is 5.25. The highest BCUT2D eigenvalue weighted by molar-refractivity contribution is 5.81. The van der Waals surface area contributed by atoms with Gasteiger partial charge in [-0.2, -0.15) is 0 Å². The second-order valence-corrected chi connectivity index (χ2v) is 6.78. The van der Waals surface area contributed by atoms with Gasteiger partial charge in [-0.25, -0.2) is 0 Å². The quantitative estimate of drug-likeness (QED) is 0.831. The normalized spacial score (nSPS) is 33.7. The fourth-order valence-electron chi connectivity index (χ4n) is 3.90. The van der Waals surface area contributed by atoms with E-state index < -0.39 is 11.4 Å². The van der Waals surface area contributed by atoms with E-state index in [0.717, 1.165) is 38.8 Å². The Hall–Kier alpha value is -1.10. The van der Waals surface area contributed by atoms with Crippen LogP contribution in [0.5, 0.6) is 0 Å². The maximum atomic E-state index is 12.7. The Morgan fingerprint density at radius 3 is 2.81 bits per heavy atom. The Balaban J connectivity index is 2.05. The van der Waals surface area contributed by atoms with Crippen molar-refractivity contribution in [3.63, 3.8) is 0 Å². The maximum absolute atomic E-state index is 12.7. The molecule has 2 aliphatic rings. The van der Waals surface area contributed by atoms with Gasteiger partial charge >= 0.3 is 5.97 Å². The molecule has 2 rings (SSSR count). The first-order chi connectivity index (χ1) is 9.98. The summed E-state index contributed by atoms with van der Waals surface area (Å²) < 4.78 is 0. The lowest BCUT2D eigenvalue weighted by Crippen LogP contribution is -2.52. The third kappa shape index (κ3) is 3.57. The van der Waals surface area contributed by atoms with Crippen LogP contribution in [-0.4, -0.2) is 47.6 Å². The molecule has 2 N–H and O–H groups in total. The molecule has 5 heteroatoms. The number of carbonyl (C=O) groups is 2. The molecule has 3 unspecified atom stereocenters. The highest BCUT2D eigenvalue weighted by Crippen LogP contribution is 2.36. The van der Waals surface area contributed by atoms with E-state index in [4.69, 9.17) is 0 Å². The Morgan fingerprint density at radius 1 is 1.43 bits per heavy atom. The van der Waals surface area contributed by atoms with Crippen LogP contribution in [0.3, 0.4) is 0 Å². The van der Waals surface area contributed by atoms with Crippen molar-refractivity contribution in [3.05, 3.63) is 0 Å². The number of amides is 1. The zero-order chi connectivity index (χ0) is 15.5. The van der Waals surface area contributed by atoms with Crippen LogP contribution >= 0.6 is 0 Å². The summed E-state index contributed by atoms with van der Waals surface area (Å²) in [6.45, 7) is 6.11. The van der Waals surface area contributed by atoms with Crippen LogP contribution in [0.1, 0.15) is 52.4 Å². The summed E-state index contributed by atoms with van der Waals surface area (Å²) in [7, 11) is 0. The van der Waals surface area contributed by atoms with E-state index in [1.54, 1.807) is 0 Å². The number of aliphatic carboxylic acids is 1. The molecule has 3 atom stereocenters. The number of hydrogen-bond acceptors (Lipinski definition) is 3. The Labute approximate surface area is 127 Å². The van der Waals surface area contributed by atoms with E-state index >= 15 is 0 Å². The lowest BCUT2D eigenvalue weighted by atomic mass is 9.76. The van der Waals surface area contributed by atoms with Crippen LogP contribution in [-0.2, 0) is 9.59 Å². The number of nitrogens with one attached hydrogen (secondary N) is 1. The SMILES string of the molecule is CCCC1(C(=O)O)CCCN(C(=O)C2CCNC(C)C2)C1. The van der Waals surface area contributed by atoms with E-state index in [2.05, 4.69) is 12.2 Å².